The van der Waals surface area contributed by atoms with Gasteiger partial charge in [0.05, 0.1) is 11.1 Å². The molecule has 25 heavy (non-hydrogen) atoms. The fourth-order valence-corrected chi connectivity index (χ4v) is 4.10. The summed E-state index contributed by atoms with van der Waals surface area (Å²) >= 11 is 7.70. The zero-order chi connectivity index (χ0) is 17.4. The number of benzene rings is 2. The van der Waals surface area contributed by atoms with Crippen LogP contribution in [-0.4, -0.2) is 15.1 Å². The number of aryl methyl sites for hydroxylation is 1. The number of rotatable bonds is 3. The highest BCUT2D eigenvalue weighted by molar-refractivity contribution is 7.19. The SMILES string of the molecule is Cc1sc2nc(Cl)nc(Nc3ccccc3O)c2c1-c1ccccc1. The van der Waals surface area contributed by atoms with Crippen LogP contribution in [0.15, 0.2) is 54.6 Å². The molecule has 6 heteroatoms. The first kappa shape index (κ1) is 15.9. The molecule has 4 nitrogen and oxygen atoms in total. The van der Waals surface area contributed by atoms with Gasteiger partial charge in [-0.05, 0) is 36.2 Å². The third kappa shape index (κ3) is 2.92. The van der Waals surface area contributed by atoms with Crippen LogP contribution < -0.4 is 5.32 Å². The molecule has 0 amide bonds. The molecule has 0 unspecified atom stereocenters. The van der Waals surface area contributed by atoms with E-state index in [1.54, 1.807) is 29.5 Å². The van der Waals surface area contributed by atoms with Crippen molar-refractivity contribution in [2.75, 3.05) is 5.32 Å². The van der Waals surface area contributed by atoms with Crippen LogP contribution in [0.5, 0.6) is 5.75 Å². The summed E-state index contributed by atoms with van der Waals surface area (Å²) in [6.07, 6.45) is 0. The molecule has 0 saturated carbocycles. The van der Waals surface area contributed by atoms with Gasteiger partial charge in [0.2, 0.25) is 5.28 Å². The van der Waals surface area contributed by atoms with Crippen LogP contribution in [0.3, 0.4) is 0 Å². The van der Waals surface area contributed by atoms with E-state index in [0.717, 1.165) is 26.2 Å². The predicted molar refractivity (Wildman–Crippen MR) is 104 cm³/mol. The highest BCUT2D eigenvalue weighted by Gasteiger charge is 2.18. The maximum absolute atomic E-state index is 10.1. The Balaban J connectivity index is 1.96. The zero-order valence-corrected chi connectivity index (χ0v) is 14.9. The number of hydrogen-bond acceptors (Lipinski definition) is 5. The first-order valence-corrected chi connectivity index (χ1v) is 8.90. The Labute approximate surface area is 153 Å². The Morgan fingerprint density at radius 2 is 1.72 bits per heavy atom. The Hall–Kier alpha value is -2.63. The normalized spacial score (nSPS) is 11.0. The second kappa shape index (κ2) is 6.35. The lowest BCUT2D eigenvalue weighted by atomic mass is 10.0. The average molecular weight is 368 g/mol. The van der Waals surface area contributed by atoms with Crippen molar-refractivity contribution in [1.82, 2.24) is 9.97 Å². The highest BCUT2D eigenvalue weighted by Crippen LogP contribution is 2.42. The molecule has 0 aliphatic rings. The van der Waals surface area contributed by atoms with Crippen molar-refractivity contribution in [3.63, 3.8) is 0 Å². The van der Waals surface area contributed by atoms with E-state index in [0.29, 0.717) is 11.5 Å². The van der Waals surface area contributed by atoms with E-state index in [1.165, 1.54) is 0 Å². The molecule has 2 heterocycles. The monoisotopic (exact) mass is 367 g/mol. The number of nitrogens with zero attached hydrogens (tertiary/aromatic N) is 2. The molecular formula is C19H14ClN3OS. The minimum absolute atomic E-state index is 0.151. The van der Waals surface area contributed by atoms with Crippen molar-refractivity contribution >= 4 is 44.7 Å². The molecule has 2 aromatic heterocycles. The molecular weight excluding hydrogens is 354 g/mol. The lowest BCUT2D eigenvalue weighted by Crippen LogP contribution is -1.97. The van der Waals surface area contributed by atoms with E-state index in [4.69, 9.17) is 11.6 Å². The van der Waals surface area contributed by atoms with E-state index in [9.17, 15) is 5.11 Å². The van der Waals surface area contributed by atoms with Gasteiger partial charge in [-0.25, -0.2) is 4.98 Å². The van der Waals surface area contributed by atoms with Gasteiger partial charge in [0.15, 0.2) is 0 Å². The smallest absolute Gasteiger partial charge is 0.225 e. The van der Waals surface area contributed by atoms with Crippen LogP contribution in [0, 0.1) is 6.92 Å². The number of para-hydroxylation sites is 2. The average Bonchev–Trinajstić information content (AvgIpc) is 2.93. The van der Waals surface area contributed by atoms with Crippen molar-refractivity contribution in [2.45, 2.75) is 6.92 Å². The summed E-state index contributed by atoms with van der Waals surface area (Å²) in [5.74, 6) is 0.735. The number of fused-ring (bicyclic) bond motifs is 1. The Morgan fingerprint density at radius 1 is 1.00 bits per heavy atom. The summed E-state index contributed by atoms with van der Waals surface area (Å²) in [7, 11) is 0. The third-order valence-electron chi connectivity index (χ3n) is 3.92. The first-order valence-electron chi connectivity index (χ1n) is 7.70. The van der Waals surface area contributed by atoms with Gasteiger partial charge < -0.3 is 10.4 Å². The zero-order valence-electron chi connectivity index (χ0n) is 13.3. The quantitative estimate of drug-likeness (QED) is 0.356. The lowest BCUT2D eigenvalue weighted by molar-refractivity contribution is 0.478. The number of aromatic nitrogens is 2. The van der Waals surface area contributed by atoms with Crippen molar-refractivity contribution in [2.24, 2.45) is 0 Å². The largest absolute Gasteiger partial charge is 0.506 e. The molecule has 0 saturated heterocycles. The first-order chi connectivity index (χ1) is 12.1. The molecule has 0 aliphatic heterocycles. The van der Waals surface area contributed by atoms with Crippen molar-refractivity contribution in [1.29, 1.82) is 0 Å². The fourth-order valence-electron chi connectivity index (χ4n) is 2.84. The van der Waals surface area contributed by atoms with Crippen LogP contribution >= 0.6 is 22.9 Å². The van der Waals surface area contributed by atoms with Gasteiger partial charge in [0, 0.05) is 10.4 Å². The van der Waals surface area contributed by atoms with Crippen LogP contribution in [0.2, 0.25) is 5.28 Å². The molecule has 0 aliphatic carbocycles. The Bertz CT molecular complexity index is 1060. The van der Waals surface area contributed by atoms with Crippen LogP contribution in [0.25, 0.3) is 21.3 Å². The summed E-state index contributed by atoms with van der Waals surface area (Å²) in [5.41, 5.74) is 2.74. The second-order valence-corrected chi connectivity index (χ2v) is 7.10. The fraction of sp³-hybridized carbons (Fsp3) is 0.0526. The van der Waals surface area contributed by atoms with E-state index >= 15 is 0 Å². The van der Waals surface area contributed by atoms with Crippen LogP contribution in [0.1, 0.15) is 4.88 Å². The van der Waals surface area contributed by atoms with Gasteiger partial charge in [-0.2, -0.15) is 4.98 Å². The number of halogens is 1. The highest BCUT2D eigenvalue weighted by atomic mass is 35.5. The van der Waals surface area contributed by atoms with Gasteiger partial charge in [-0.15, -0.1) is 11.3 Å². The number of anilines is 2. The van der Waals surface area contributed by atoms with E-state index in [-0.39, 0.29) is 11.0 Å². The van der Waals surface area contributed by atoms with E-state index in [1.807, 2.05) is 24.3 Å². The van der Waals surface area contributed by atoms with Crippen molar-refractivity contribution in [3.05, 3.63) is 64.8 Å². The number of phenolic OH excluding ortho intramolecular Hbond substituents is 1. The molecule has 2 aromatic carbocycles. The minimum Gasteiger partial charge on any atom is -0.506 e. The third-order valence-corrected chi connectivity index (χ3v) is 5.09. The molecule has 0 bridgehead atoms. The number of thiophene rings is 1. The predicted octanol–water partition coefficient (Wildman–Crippen LogP) is 5.77. The molecule has 0 fully saturated rings. The summed E-state index contributed by atoms with van der Waals surface area (Å²) < 4.78 is 0. The van der Waals surface area contributed by atoms with Gasteiger partial charge in [-0.1, -0.05) is 42.5 Å². The van der Waals surface area contributed by atoms with Crippen molar-refractivity contribution in [3.8, 4) is 16.9 Å². The van der Waals surface area contributed by atoms with Crippen LogP contribution in [0.4, 0.5) is 11.5 Å². The summed E-state index contributed by atoms with van der Waals surface area (Å²) in [6.45, 7) is 2.06. The summed E-state index contributed by atoms with van der Waals surface area (Å²) in [6, 6.07) is 17.2. The number of phenols is 1. The lowest BCUT2D eigenvalue weighted by Gasteiger charge is -2.10. The van der Waals surface area contributed by atoms with Crippen molar-refractivity contribution < 1.29 is 5.11 Å². The summed E-state index contributed by atoms with van der Waals surface area (Å²) in [4.78, 5) is 10.7. The number of aromatic hydroxyl groups is 1. The number of hydrogen-bond donors (Lipinski definition) is 2. The topological polar surface area (TPSA) is 58.0 Å². The molecule has 0 spiro atoms. The summed E-state index contributed by atoms with van der Waals surface area (Å²) in [5, 5.41) is 14.3. The molecule has 124 valence electrons. The van der Waals surface area contributed by atoms with Gasteiger partial charge in [-0.3, -0.25) is 0 Å². The minimum atomic E-state index is 0.151. The molecule has 4 aromatic rings. The maximum atomic E-state index is 10.1. The van der Waals surface area contributed by atoms with Crippen LogP contribution in [-0.2, 0) is 0 Å². The molecule has 0 atom stereocenters. The molecule has 0 radical (unpaired) electrons. The second-order valence-electron chi connectivity index (χ2n) is 5.56. The van der Waals surface area contributed by atoms with Gasteiger partial charge in [0.1, 0.15) is 16.4 Å². The molecule has 2 N–H and O–H groups in total. The van der Waals surface area contributed by atoms with Gasteiger partial charge >= 0.3 is 0 Å². The van der Waals surface area contributed by atoms with Gasteiger partial charge in [0.25, 0.3) is 0 Å². The van der Waals surface area contributed by atoms with E-state index < -0.39 is 0 Å². The maximum Gasteiger partial charge on any atom is 0.225 e. The van der Waals surface area contributed by atoms with E-state index in [2.05, 4.69) is 34.3 Å². The standard InChI is InChI=1S/C19H14ClN3OS/c1-11-15(12-7-3-2-4-8-12)16-17(22-19(20)23-18(16)25-11)21-13-9-5-6-10-14(13)24/h2-10,24H,1H3,(H,21,22,23). The Kier molecular flexibility index (Phi) is 4.03. The Morgan fingerprint density at radius 3 is 2.48 bits per heavy atom. The molecule has 4 rings (SSSR count). The number of nitrogens with one attached hydrogen (secondary N) is 1.